The van der Waals surface area contributed by atoms with Gasteiger partial charge in [0.05, 0.1) is 0 Å². The van der Waals surface area contributed by atoms with Crippen LogP contribution in [0.1, 0.15) is 5.56 Å². The second-order valence-electron chi connectivity index (χ2n) is 4.94. The summed E-state index contributed by atoms with van der Waals surface area (Å²) in [4.78, 5) is 6.18. The number of hydrogen-bond acceptors (Lipinski definition) is 4. The van der Waals surface area contributed by atoms with Crippen LogP contribution in [0.3, 0.4) is 0 Å². The van der Waals surface area contributed by atoms with Crippen LogP contribution >= 0.6 is 0 Å². The molecule has 0 bridgehead atoms. The van der Waals surface area contributed by atoms with Gasteiger partial charge in [0.15, 0.2) is 0 Å². The van der Waals surface area contributed by atoms with Crippen molar-refractivity contribution < 1.29 is 4.74 Å². The second-order valence-corrected chi connectivity index (χ2v) is 4.94. The van der Waals surface area contributed by atoms with Crippen molar-refractivity contribution in [3.8, 4) is 11.6 Å². The smallest absolute Gasteiger partial charge is 0.219 e. The highest BCUT2D eigenvalue weighted by Gasteiger charge is 2.05. The number of allylic oxidation sites excluding steroid dienone is 2. The van der Waals surface area contributed by atoms with Crippen molar-refractivity contribution in [1.29, 1.82) is 5.41 Å². The van der Waals surface area contributed by atoms with E-state index < -0.39 is 0 Å². The van der Waals surface area contributed by atoms with Crippen LogP contribution in [0.25, 0.3) is 6.08 Å². The Kier molecular flexibility index (Phi) is 5.09. The molecule has 2 aromatic rings. The molecule has 0 atom stereocenters. The summed E-state index contributed by atoms with van der Waals surface area (Å²) >= 11 is 0. The van der Waals surface area contributed by atoms with Gasteiger partial charge in [-0.2, -0.15) is 0 Å². The van der Waals surface area contributed by atoms with Crippen LogP contribution in [0, 0.1) is 5.41 Å². The Morgan fingerprint density at radius 2 is 2.09 bits per heavy atom. The van der Waals surface area contributed by atoms with E-state index in [2.05, 4.69) is 11.6 Å². The van der Waals surface area contributed by atoms with Crippen LogP contribution in [0.15, 0.2) is 60.8 Å². The lowest BCUT2D eigenvalue weighted by atomic mass is 10.1. The Morgan fingerprint density at radius 3 is 2.73 bits per heavy atom. The first-order valence-electron chi connectivity index (χ1n) is 6.88. The summed E-state index contributed by atoms with van der Waals surface area (Å²) in [7, 11) is 3.97. The summed E-state index contributed by atoms with van der Waals surface area (Å²) in [6.07, 6.45) is 6.65. The zero-order valence-corrected chi connectivity index (χ0v) is 12.8. The molecule has 4 nitrogen and oxygen atoms in total. The summed E-state index contributed by atoms with van der Waals surface area (Å²) in [5.74, 6) is 1.27. The molecule has 1 heterocycles. The molecule has 0 saturated heterocycles. The number of rotatable bonds is 6. The fraction of sp³-hybridized carbons (Fsp3) is 0.111. The van der Waals surface area contributed by atoms with Gasteiger partial charge in [0.25, 0.3) is 0 Å². The van der Waals surface area contributed by atoms with Crippen LogP contribution < -0.4 is 9.64 Å². The minimum Gasteiger partial charge on any atom is -0.439 e. The molecular weight excluding hydrogens is 274 g/mol. The quantitative estimate of drug-likeness (QED) is 0.642. The third kappa shape index (κ3) is 4.06. The minimum atomic E-state index is 0.555. The molecule has 0 unspecified atom stereocenters. The molecule has 22 heavy (non-hydrogen) atoms. The lowest BCUT2D eigenvalue weighted by Gasteiger charge is -2.17. The number of nitrogens with zero attached hydrogens (tertiary/aromatic N) is 2. The Labute approximate surface area is 130 Å². The van der Waals surface area contributed by atoms with E-state index >= 15 is 0 Å². The molecule has 0 fully saturated rings. The Balaban J connectivity index is 2.32. The number of anilines is 1. The van der Waals surface area contributed by atoms with Gasteiger partial charge in [0.2, 0.25) is 5.88 Å². The SMILES string of the molecule is C=C(C=N)/C=C/c1cc(Oc2ccccn2)ccc1N(C)C. The maximum absolute atomic E-state index is 7.18. The van der Waals surface area contributed by atoms with Crippen LogP contribution in [-0.4, -0.2) is 25.3 Å². The molecule has 0 aliphatic carbocycles. The van der Waals surface area contributed by atoms with E-state index in [1.54, 1.807) is 12.3 Å². The largest absolute Gasteiger partial charge is 0.439 e. The molecule has 112 valence electrons. The first kappa shape index (κ1) is 15.5. The molecule has 1 aromatic carbocycles. The molecule has 0 saturated carbocycles. The number of ether oxygens (including phenoxy) is 1. The monoisotopic (exact) mass is 293 g/mol. The molecule has 1 aromatic heterocycles. The van der Waals surface area contributed by atoms with Gasteiger partial charge in [-0.1, -0.05) is 24.8 Å². The van der Waals surface area contributed by atoms with E-state index in [1.165, 1.54) is 6.21 Å². The van der Waals surface area contributed by atoms with E-state index in [4.69, 9.17) is 10.1 Å². The standard InChI is InChI=1S/C18H19N3O/c1-14(13-19)7-8-15-12-16(9-10-17(15)21(2)3)22-18-6-4-5-11-20-18/h4-13,19H,1H2,2-3H3/b8-7+,19-13?. The van der Waals surface area contributed by atoms with Gasteiger partial charge in [-0.3, -0.25) is 0 Å². The van der Waals surface area contributed by atoms with Gasteiger partial charge in [-0.25, -0.2) is 4.98 Å². The molecule has 0 radical (unpaired) electrons. The van der Waals surface area contributed by atoms with Crippen LogP contribution in [-0.2, 0) is 0 Å². The van der Waals surface area contributed by atoms with Gasteiger partial charge in [-0.15, -0.1) is 0 Å². The summed E-state index contributed by atoms with van der Waals surface area (Å²) in [5, 5.41) is 7.18. The minimum absolute atomic E-state index is 0.555. The average Bonchev–Trinajstić information content (AvgIpc) is 2.53. The Bertz CT molecular complexity index is 691. The first-order valence-corrected chi connectivity index (χ1v) is 6.88. The molecule has 0 aliphatic heterocycles. The summed E-state index contributed by atoms with van der Waals surface area (Å²) in [6, 6.07) is 11.4. The third-order valence-electron chi connectivity index (χ3n) is 3.00. The number of aromatic nitrogens is 1. The molecular formula is C18H19N3O. The van der Waals surface area contributed by atoms with Crippen molar-refractivity contribution in [3.63, 3.8) is 0 Å². The van der Waals surface area contributed by atoms with Gasteiger partial charge in [0.1, 0.15) is 5.75 Å². The Morgan fingerprint density at radius 1 is 1.27 bits per heavy atom. The van der Waals surface area contributed by atoms with Gasteiger partial charge < -0.3 is 15.0 Å². The molecule has 0 amide bonds. The van der Waals surface area contributed by atoms with Crippen molar-refractivity contribution in [2.45, 2.75) is 0 Å². The predicted molar refractivity (Wildman–Crippen MR) is 92.0 cm³/mol. The summed E-state index contributed by atoms with van der Waals surface area (Å²) in [6.45, 7) is 3.77. The fourth-order valence-electron chi connectivity index (χ4n) is 1.91. The van der Waals surface area contributed by atoms with Crippen molar-refractivity contribution in [3.05, 3.63) is 66.4 Å². The number of pyridine rings is 1. The van der Waals surface area contributed by atoms with Crippen molar-refractivity contribution >= 4 is 18.0 Å². The molecule has 1 N–H and O–H groups in total. The zero-order valence-electron chi connectivity index (χ0n) is 12.8. The topological polar surface area (TPSA) is 49.2 Å². The number of nitrogens with one attached hydrogen (secondary N) is 1. The van der Waals surface area contributed by atoms with E-state index in [0.29, 0.717) is 17.2 Å². The zero-order chi connectivity index (χ0) is 15.9. The normalized spacial score (nSPS) is 10.5. The average molecular weight is 293 g/mol. The number of hydrogen-bond donors (Lipinski definition) is 1. The Hall–Kier alpha value is -2.88. The van der Waals surface area contributed by atoms with Crippen molar-refractivity contribution in [1.82, 2.24) is 4.98 Å². The molecule has 0 aliphatic rings. The van der Waals surface area contributed by atoms with Gasteiger partial charge in [-0.05, 0) is 29.8 Å². The molecule has 4 heteroatoms. The lowest BCUT2D eigenvalue weighted by Crippen LogP contribution is -2.10. The second kappa shape index (κ2) is 7.22. The maximum Gasteiger partial charge on any atom is 0.219 e. The van der Waals surface area contributed by atoms with Crippen molar-refractivity contribution in [2.75, 3.05) is 19.0 Å². The third-order valence-corrected chi connectivity index (χ3v) is 3.00. The summed E-state index contributed by atoms with van der Waals surface area (Å²) < 4.78 is 5.76. The van der Waals surface area contributed by atoms with Crippen LogP contribution in [0.2, 0.25) is 0 Å². The van der Waals surface area contributed by atoms with Gasteiger partial charge in [0, 0.05) is 43.8 Å². The highest BCUT2D eigenvalue weighted by molar-refractivity contribution is 5.82. The van der Waals surface area contributed by atoms with E-state index in [0.717, 1.165) is 11.3 Å². The van der Waals surface area contributed by atoms with Gasteiger partial charge >= 0.3 is 0 Å². The molecule has 2 rings (SSSR count). The van der Waals surface area contributed by atoms with E-state index in [-0.39, 0.29) is 0 Å². The highest BCUT2D eigenvalue weighted by Crippen LogP contribution is 2.28. The van der Waals surface area contributed by atoms with Crippen LogP contribution in [0.4, 0.5) is 5.69 Å². The lowest BCUT2D eigenvalue weighted by molar-refractivity contribution is 0.463. The summed E-state index contributed by atoms with van der Waals surface area (Å²) in [5.41, 5.74) is 2.68. The van der Waals surface area contributed by atoms with Crippen LogP contribution in [0.5, 0.6) is 11.6 Å². The van der Waals surface area contributed by atoms with E-state index in [9.17, 15) is 0 Å². The fourth-order valence-corrected chi connectivity index (χ4v) is 1.91. The first-order chi connectivity index (χ1) is 10.6. The van der Waals surface area contributed by atoms with Crippen molar-refractivity contribution in [2.24, 2.45) is 0 Å². The highest BCUT2D eigenvalue weighted by atomic mass is 16.5. The predicted octanol–water partition coefficient (Wildman–Crippen LogP) is 4.16. The van der Waals surface area contributed by atoms with E-state index in [1.807, 2.05) is 61.5 Å². The molecule has 0 spiro atoms. The number of benzene rings is 1. The maximum atomic E-state index is 7.18.